The zero-order valence-corrected chi connectivity index (χ0v) is 22.8. The maximum atomic E-state index is 11.7. The first-order valence-corrected chi connectivity index (χ1v) is 13.7. The summed E-state index contributed by atoms with van der Waals surface area (Å²) >= 11 is -0.756. The van der Waals surface area contributed by atoms with Gasteiger partial charge in [-0.15, -0.1) is 11.3 Å². The molecule has 36 heavy (non-hydrogen) atoms. The summed E-state index contributed by atoms with van der Waals surface area (Å²) in [5.74, 6) is 0.424. The molecule has 2 saturated heterocycles. The van der Waals surface area contributed by atoms with Crippen LogP contribution in [0.1, 0.15) is 52.2 Å². The van der Waals surface area contributed by atoms with Gasteiger partial charge in [-0.25, -0.2) is 4.98 Å². The van der Waals surface area contributed by atoms with Crippen LogP contribution in [0, 0.1) is 5.41 Å². The van der Waals surface area contributed by atoms with E-state index in [0.29, 0.717) is 23.9 Å². The fraction of sp³-hybridized carbons (Fsp3) is 0.542. The van der Waals surface area contributed by atoms with Crippen molar-refractivity contribution in [2.24, 2.45) is 5.41 Å². The third-order valence-corrected chi connectivity index (χ3v) is 6.69. The van der Waals surface area contributed by atoms with Crippen molar-refractivity contribution in [1.29, 1.82) is 0 Å². The quantitative estimate of drug-likeness (QED) is 0.554. The fourth-order valence-electron chi connectivity index (χ4n) is 3.45. The number of rotatable bonds is 4. The van der Waals surface area contributed by atoms with Crippen molar-refractivity contribution in [1.82, 2.24) is 15.2 Å². The summed E-state index contributed by atoms with van der Waals surface area (Å²) in [5, 5.41) is 5.72. The molecule has 2 aromatic rings. The van der Waals surface area contributed by atoms with Crippen molar-refractivity contribution >= 4 is 45.1 Å². The van der Waals surface area contributed by atoms with Gasteiger partial charge in [0, 0.05) is 73.4 Å². The Morgan fingerprint density at radius 1 is 1.22 bits per heavy atom. The van der Waals surface area contributed by atoms with E-state index in [0.717, 1.165) is 51.3 Å². The van der Waals surface area contributed by atoms with Gasteiger partial charge in [0.2, 0.25) is 11.8 Å². The minimum atomic E-state index is -2.20. The predicted molar refractivity (Wildman–Crippen MR) is 152 cm³/mol. The maximum absolute atomic E-state index is 11.7. The number of carbonyl (C=O) groups is 2. The average Bonchev–Trinajstić information content (AvgIpc) is 3.49. The number of aromatic nitrogens is 1. The van der Waals surface area contributed by atoms with Crippen LogP contribution in [0.15, 0.2) is 40.7 Å². The molecule has 2 aliphatic rings. The fourth-order valence-corrected chi connectivity index (χ4v) is 4.19. The lowest BCUT2D eigenvalue weighted by molar-refractivity contribution is -0.132. The molecule has 5 N–H and O–H groups in total. The summed E-state index contributed by atoms with van der Waals surface area (Å²) in [7, 11) is 0. The van der Waals surface area contributed by atoms with Crippen LogP contribution in [0.2, 0.25) is 0 Å². The van der Waals surface area contributed by atoms with Crippen LogP contribution in [0.3, 0.4) is 0 Å². The number of hydrogen-bond donors (Lipinski definition) is 2. The molecule has 210 valence electrons. The summed E-state index contributed by atoms with van der Waals surface area (Å²) in [4.78, 5) is 30.7. The number of nitrogens with zero attached hydrogens (tertiary/aromatic N) is 3. The molecule has 2 fully saturated rings. The van der Waals surface area contributed by atoms with Crippen LogP contribution in [0.25, 0.3) is 0 Å². The lowest BCUT2D eigenvalue weighted by atomic mass is 9.90. The molecular weight excluding hydrogens is 502 g/mol. The maximum Gasteiger partial charge on any atom is 0.227 e. The molecule has 0 radical (unpaired) electrons. The Morgan fingerprint density at radius 3 is 2.28 bits per heavy atom. The van der Waals surface area contributed by atoms with Crippen LogP contribution in [0.5, 0.6) is 0 Å². The number of piperazine rings is 1. The Hall–Kier alpha value is -2.38. The zero-order chi connectivity index (χ0) is 25.8. The van der Waals surface area contributed by atoms with Gasteiger partial charge in [-0.05, 0) is 53.6 Å². The third-order valence-electron chi connectivity index (χ3n) is 5.42. The van der Waals surface area contributed by atoms with Crippen molar-refractivity contribution < 1.29 is 29.5 Å². The molecule has 0 aliphatic carbocycles. The Balaban J connectivity index is -0.000000244. The highest BCUT2D eigenvalue weighted by Gasteiger charge is 2.21. The van der Waals surface area contributed by atoms with E-state index >= 15 is 0 Å². The van der Waals surface area contributed by atoms with Crippen LogP contribution in [-0.4, -0.2) is 68.7 Å². The molecule has 1 atom stereocenters. The molecule has 0 spiro atoms. The molecule has 12 heteroatoms. The monoisotopic (exact) mass is 548 g/mol. The van der Waals surface area contributed by atoms with E-state index < -0.39 is 11.1 Å². The van der Waals surface area contributed by atoms with Crippen LogP contribution in [0.4, 0.5) is 10.8 Å². The lowest BCUT2D eigenvalue weighted by Gasteiger charge is -2.28. The molecule has 0 saturated carbocycles. The molecule has 1 aromatic heterocycles. The third kappa shape index (κ3) is 11.6. The first-order valence-electron chi connectivity index (χ1n) is 11.7. The SMILES string of the molecule is CC(C)(C)CCC(=O)N1CCNCC1.Nc1nccs1.O.O=C1CCCN1c1ccc(S(=O)[O-])cc1.[HH].[HH].[HH].[HH]. The van der Waals surface area contributed by atoms with Crippen LogP contribution in [-0.2, 0) is 20.7 Å². The first kappa shape index (κ1) is 31.6. The van der Waals surface area contributed by atoms with E-state index in [2.05, 4.69) is 31.1 Å². The summed E-state index contributed by atoms with van der Waals surface area (Å²) < 4.78 is 21.2. The topological polar surface area (TPSA) is 163 Å². The second-order valence-electron chi connectivity index (χ2n) is 9.44. The minimum Gasteiger partial charge on any atom is -0.768 e. The second-order valence-corrected chi connectivity index (χ2v) is 11.3. The molecule has 1 unspecified atom stereocenters. The van der Waals surface area contributed by atoms with E-state index in [1.165, 1.54) is 23.5 Å². The molecule has 2 amide bonds. The second kappa shape index (κ2) is 15.7. The van der Waals surface area contributed by atoms with Crippen molar-refractivity contribution in [3.05, 3.63) is 35.8 Å². The van der Waals surface area contributed by atoms with Crippen molar-refractivity contribution in [2.75, 3.05) is 43.4 Å². The van der Waals surface area contributed by atoms with Crippen molar-refractivity contribution in [3.8, 4) is 0 Å². The molecule has 0 bridgehead atoms. The Labute approximate surface area is 225 Å². The Kier molecular flexibility index (Phi) is 13.8. The molecule has 1 aromatic carbocycles. The number of carbonyl (C=O) groups excluding carboxylic acids is 2. The van der Waals surface area contributed by atoms with E-state index in [9.17, 15) is 18.4 Å². The number of nitrogens with one attached hydrogen (secondary N) is 1. The molecule has 3 heterocycles. The molecule has 4 rings (SSSR count). The summed E-state index contributed by atoms with van der Waals surface area (Å²) in [6, 6.07) is 6.33. The van der Waals surface area contributed by atoms with E-state index in [4.69, 9.17) is 5.73 Å². The van der Waals surface area contributed by atoms with Gasteiger partial charge in [0.1, 0.15) is 0 Å². The van der Waals surface area contributed by atoms with Crippen molar-refractivity contribution in [3.63, 3.8) is 0 Å². The number of hydrogen-bond acceptors (Lipinski definition) is 8. The summed E-state index contributed by atoms with van der Waals surface area (Å²) in [6.07, 6.45) is 4.81. The van der Waals surface area contributed by atoms with Gasteiger partial charge < -0.3 is 30.9 Å². The number of amides is 2. The number of nitrogens with two attached hydrogens (primary N) is 1. The van der Waals surface area contributed by atoms with Crippen molar-refractivity contribution in [2.45, 2.75) is 51.3 Å². The minimum absolute atomic E-state index is 0. The van der Waals surface area contributed by atoms with Gasteiger partial charge in [-0.1, -0.05) is 20.8 Å². The highest BCUT2D eigenvalue weighted by Crippen LogP contribution is 2.22. The average molecular weight is 549 g/mol. The van der Waals surface area contributed by atoms with Crippen LogP contribution >= 0.6 is 11.3 Å². The number of anilines is 2. The number of nitrogen functional groups attached to an aromatic ring is 1. The van der Waals surface area contributed by atoms with Gasteiger partial charge in [0.15, 0.2) is 5.13 Å². The van der Waals surface area contributed by atoms with Gasteiger partial charge in [0.05, 0.1) is 0 Å². The molecule has 10 nitrogen and oxygen atoms in total. The zero-order valence-electron chi connectivity index (χ0n) is 21.2. The van der Waals surface area contributed by atoms with E-state index in [1.807, 2.05) is 10.3 Å². The van der Waals surface area contributed by atoms with Gasteiger partial charge >= 0.3 is 0 Å². The Bertz CT molecular complexity index is 962. The highest BCUT2D eigenvalue weighted by molar-refractivity contribution is 7.79. The van der Waals surface area contributed by atoms with Gasteiger partial charge in [-0.3, -0.25) is 13.8 Å². The smallest absolute Gasteiger partial charge is 0.227 e. The van der Waals surface area contributed by atoms with Gasteiger partial charge in [0.25, 0.3) is 0 Å². The van der Waals surface area contributed by atoms with Gasteiger partial charge in [-0.2, -0.15) is 0 Å². The normalized spacial score (nSPS) is 16.2. The van der Waals surface area contributed by atoms with E-state index in [1.54, 1.807) is 23.2 Å². The van der Waals surface area contributed by atoms with E-state index in [-0.39, 0.29) is 27.4 Å². The molecular formula is C24H46N5O5S2-. The highest BCUT2D eigenvalue weighted by atomic mass is 32.2. The summed E-state index contributed by atoms with van der Waals surface area (Å²) in [6.45, 7) is 10.9. The molecule has 2 aliphatic heterocycles. The summed E-state index contributed by atoms with van der Waals surface area (Å²) in [5.41, 5.74) is 6.22. The number of thiazole rings is 1. The Morgan fingerprint density at radius 2 is 1.86 bits per heavy atom. The first-order chi connectivity index (χ1) is 16.6. The standard InChI is InChI=1S/C11H22N2O.C10H11NO3S.C3H4N2S.H2O.4H2/c1-11(2,3)5-4-10(14)13-8-6-12-7-9-13;12-10-2-1-7-11(10)8-3-5-9(6-4-8)15(13)14;4-3-5-1-2-6-3;;;;;/h12H,4-9H2,1-3H3;3-6H,1-2,7H2,(H,13,14);1-2H,(H2,4,5);1H2;4*1H/p-1. The number of benzene rings is 1. The predicted octanol–water partition coefficient (Wildman–Crippen LogP) is 3.18. The largest absolute Gasteiger partial charge is 0.768 e. The lowest BCUT2D eigenvalue weighted by Crippen LogP contribution is -2.46. The van der Waals surface area contributed by atoms with Crippen LogP contribution < -0.4 is 16.0 Å².